The van der Waals surface area contributed by atoms with Gasteiger partial charge in [0.1, 0.15) is 11.7 Å². The number of para-hydroxylation sites is 2. The number of aliphatic imine (C=N–C) groups is 2. The molecule has 0 atom stereocenters. The molecule has 0 unspecified atom stereocenters. The minimum absolute atomic E-state index is 0.0712. The van der Waals surface area contributed by atoms with E-state index in [1.54, 1.807) is 22.7 Å². The summed E-state index contributed by atoms with van der Waals surface area (Å²) < 4.78 is 0. The number of carbonyl (C=O) groups is 1. The molecule has 0 aliphatic heterocycles. The Morgan fingerprint density at radius 2 is 0.885 bits per heavy atom. The molecule has 0 saturated carbocycles. The summed E-state index contributed by atoms with van der Waals surface area (Å²) in [5.74, 6) is 0.970. The van der Waals surface area contributed by atoms with Gasteiger partial charge in [0.25, 0.3) is 0 Å². The highest BCUT2D eigenvalue weighted by molar-refractivity contribution is 7.12. The Hall–Kier alpha value is -6.49. The van der Waals surface area contributed by atoms with Crippen molar-refractivity contribution in [2.24, 2.45) is 21.5 Å². The lowest BCUT2D eigenvalue weighted by Gasteiger charge is -2.09. The second-order valence-corrected chi connectivity index (χ2v) is 13.3. The Labute approximate surface area is 311 Å². The van der Waals surface area contributed by atoms with Gasteiger partial charge in [0, 0.05) is 28.4 Å². The molecule has 0 spiro atoms. The van der Waals surface area contributed by atoms with E-state index in [4.69, 9.17) is 11.5 Å². The monoisotopic (exact) mass is 719 g/mol. The number of benzene rings is 5. The van der Waals surface area contributed by atoms with Gasteiger partial charge in [-0.25, -0.2) is 9.98 Å². The quantitative estimate of drug-likeness (QED) is 0.0671. The Morgan fingerprint density at radius 3 is 1.33 bits per heavy atom. The zero-order valence-electron chi connectivity index (χ0n) is 28.1. The van der Waals surface area contributed by atoms with Gasteiger partial charge in [0.05, 0.1) is 27.5 Å². The number of anilines is 5. The summed E-state index contributed by atoms with van der Waals surface area (Å²) in [5, 5.41) is 13.5. The maximum Gasteiger partial charge on any atom is 0.228 e. The standard InChI is InChI=1S/C25H22N4OS.C17H15N3S/c26-25(23-7-4-16-31-23)29-22-10-8-18(9-11-22)17-24(30)28-21-14-12-20(13-15-21)27-19-5-2-1-3-6-19;18-17(16-7-4-12-21-16)20-15-10-8-14(9-11-15)19-13-5-2-1-3-6-13/h1-16,27H,17H2,(H2,26,29)(H,28,30);1-12,19H,(H2,18,20). The van der Waals surface area contributed by atoms with Crippen LogP contribution in [0.1, 0.15) is 15.3 Å². The van der Waals surface area contributed by atoms with Crippen LogP contribution in [0.15, 0.2) is 178 Å². The van der Waals surface area contributed by atoms with Crippen LogP contribution in [0.3, 0.4) is 0 Å². The van der Waals surface area contributed by atoms with Gasteiger partial charge >= 0.3 is 0 Å². The molecule has 2 heterocycles. The summed E-state index contributed by atoms with van der Waals surface area (Å²) >= 11 is 3.14. The van der Waals surface area contributed by atoms with Gasteiger partial charge in [-0.15, -0.1) is 22.7 Å². The molecule has 7 rings (SSSR count). The molecule has 8 nitrogen and oxygen atoms in total. The zero-order chi connectivity index (χ0) is 36.0. The molecular formula is C42H37N7OS2. The molecule has 7 N–H and O–H groups in total. The fourth-order valence-electron chi connectivity index (χ4n) is 4.95. The first-order valence-electron chi connectivity index (χ1n) is 16.5. The highest BCUT2D eigenvalue weighted by Crippen LogP contribution is 2.22. The SMILES string of the molecule is NC(=Nc1ccc(CC(=O)Nc2ccc(Nc3ccccc3)cc2)cc1)c1cccs1.NC(=Nc1ccc(Nc2ccccc2)cc1)c1cccs1. The van der Waals surface area contributed by atoms with Gasteiger partial charge in [0.2, 0.25) is 5.91 Å². The van der Waals surface area contributed by atoms with Crippen LogP contribution in [-0.4, -0.2) is 17.6 Å². The van der Waals surface area contributed by atoms with Crippen molar-refractivity contribution in [1.82, 2.24) is 0 Å². The van der Waals surface area contributed by atoms with E-state index in [0.717, 1.165) is 55.1 Å². The van der Waals surface area contributed by atoms with Crippen LogP contribution in [0, 0.1) is 0 Å². The smallest absolute Gasteiger partial charge is 0.228 e. The molecule has 0 radical (unpaired) electrons. The van der Waals surface area contributed by atoms with Crippen molar-refractivity contribution in [3.63, 3.8) is 0 Å². The van der Waals surface area contributed by atoms with Crippen molar-refractivity contribution in [2.45, 2.75) is 6.42 Å². The van der Waals surface area contributed by atoms with Crippen LogP contribution in [0.25, 0.3) is 0 Å². The number of rotatable bonds is 11. The third-order valence-corrected chi connectivity index (χ3v) is 9.29. The fourth-order valence-corrected chi connectivity index (χ4v) is 6.20. The van der Waals surface area contributed by atoms with Crippen molar-refractivity contribution in [1.29, 1.82) is 0 Å². The first kappa shape index (κ1) is 35.3. The minimum atomic E-state index is -0.0712. The lowest BCUT2D eigenvalue weighted by atomic mass is 10.1. The summed E-state index contributed by atoms with van der Waals surface area (Å²) in [5.41, 5.74) is 19.3. The zero-order valence-corrected chi connectivity index (χ0v) is 29.8. The largest absolute Gasteiger partial charge is 0.383 e. The third-order valence-electron chi connectivity index (χ3n) is 7.51. The van der Waals surface area contributed by atoms with Crippen LogP contribution in [-0.2, 0) is 11.2 Å². The van der Waals surface area contributed by atoms with Gasteiger partial charge < -0.3 is 27.4 Å². The molecule has 52 heavy (non-hydrogen) atoms. The van der Waals surface area contributed by atoms with Crippen molar-refractivity contribution in [3.8, 4) is 0 Å². The predicted octanol–water partition coefficient (Wildman–Crippen LogP) is 10.2. The van der Waals surface area contributed by atoms with E-state index in [1.807, 2.05) is 168 Å². The molecular weight excluding hydrogens is 683 g/mol. The van der Waals surface area contributed by atoms with Gasteiger partial charge in [-0.1, -0.05) is 60.7 Å². The van der Waals surface area contributed by atoms with Crippen molar-refractivity contribution >= 4 is 80.1 Å². The van der Waals surface area contributed by atoms with E-state index in [0.29, 0.717) is 11.7 Å². The summed E-state index contributed by atoms with van der Waals surface area (Å²) in [6, 6.07) is 50.9. The van der Waals surface area contributed by atoms with Crippen molar-refractivity contribution in [2.75, 3.05) is 16.0 Å². The minimum Gasteiger partial charge on any atom is -0.383 e. The highest BCUT2D eigenvalue weighted by atomic mass is 32.1. The van der Waals surface area contributed by atoms with E-state index in [9.17, 15) is 4.79 Å². The number of carbonyl (C=O) groups excluding carboxylic acids is 1. The predicted molar refractivity (Wildman–Crippen MR) is 221 cm³/mol. The summed E-state index contributed by atoms with van der Waals surface area (Å²) in [6.07, 6.45) is 0.286. The Morgan fingerprint density at radius 1 is 0.481 bits per heavy atom. The van der Waals surface area contributed by atoms with Crippen LogP contribution >= 0.6 is 22.7 Å². The van der Waals surface area contributed by atoms with E-state index < -0.39 is 0 Å². The van der Waals surface area contributed by atoms with Crippen LogP contribution in [0.4, 0.5) is 39.8 Å². The Kier molecular flexibility index (Phi) is 12.2. The highest BCUT2D eigenvalue weighted by Gasteiger charge is 2.06. The number of amidine groups is 2. The summed E-state index contributed by atoms with van der Waals surface area (Å²) in [6.45, 7) is 0. The maximum atomic E-state index is 12.4. The van der Waals surface area contributed by atoms with Crippen molar-refractivity contribution in [3.05, 3.63) is 184 Å². The fraction of sp³-hybridized carbons (Fsp3) is 0.0238. The molecule has 0 saturated heterocycles. The second kappa shape index (κ2) is 18.0. The van der Waals surface area contributed by atoms with E-state index >= 15 is 0 Å². The molecule has 1 amide bonds. The first-order valence-corrected chi connectivity index (χ1v) is 18.2. The average Bonchev–Trinajstić information content (AvgIpc) is 3.92. The molecule has 10 heteroatoms. The number of nitrogens with two attached hydrogens (primary N) is 2. The molecule has 0 fully saturated rings. The lowest BCUT2D eigenvalue weighted by Crippen LogP contribution is -2.14. The second-order valence-electron chi connectivity index (χ2n) is 11.4. The molecule has 5 aromatic carbocycles. The van der Waals surface area contributed by atoms with Gasteiger partial charge in [-0.05, 0) is 113 Å². The maximum absolute atomic E-state index is 12.4. The van der Waals surface area contributed by atoms with E-state index in [2.05, 4.69) is 25.9 Å². The molecule has 0 aliphatic rings. The first-order chi connectivity index (χ1) is 25.5. The average molecular weight is 720 g/mol. The molecule has 258 valence electrons. The topological polar surface area (TPSA) is 130 Å². The van der Waals surface area contributed by atoms with Gasteiger partial charge in [0.15, 0.2) is 0 Å². The summed E-state index contributed by atoms with van der Waals surface area (Å²) in [4.78, 5) is 23.2. The van der Waals surface area contributed by atoms with E-state index in [1.165, 1.54) is 0 Å². The third kappa shape index (κ3) is 10.8. The number of hydrogen-bond donors (Lipinski definition) is 5. The Bertz CT molecular complexity index is 2180. The molecule has 0 bridgehead atoms. The number of thiophene rings is 2. The van der Waals surface area contributed by atoms with Crippen LogP contribution in [0.2, 0.25) is 0 Å². The molecule has 7 aromatic rings. The van der Waals surface area contributed by atoms with Crippen molar-refractivity contribution < 1.29 is 4.79 Å². The van der Waals surface area contributed by atoms with E-state index in [-0.39, 0.29) is 12.3 Å². The van der Waals surface area contributed by atoms with Crippen LogP contribution < -0.4 is 27.4 Å². The van der Waals surface area contributed by atoms with Gasteiger partial charge in [-0.3, -0.25) is 4.79 Å². The van der Waals surface area contributed by atoms with Gasteiger partial charge in [-0.2, -0.15) is 0 Å². The normalized spacial score (nSPS) is 11.2. The number of hydrogen-bond acceptors (Lipinski definition) is 7. The van der Waals surface area contributed by atoms with Crippen LogP contribution in [0.5, 0.6) is 0 Å². The number of amides is 1. The summed E-state index contributed by atoms with van der Waals surface area (Å²) in [7, 11) is 0. The number of nitrogens with one attached hydrogen (secondary N) is 3. The lowest BCUT2D eigenvalue weighted by molar-refractivity contribution is -0.115. The molecule has 2 aromatic heterocycles. The Balaban J connectivity index is 0.000000192. The number of nitrogens with zero attached hydrogens (tertiary/aromatic N) is 2. The molecule has 0 aliphatic carbocycles.